The lowest BCUT2D eigenvalue weighted by molar-refractivity contribution is -0.143. The van der Waals surface area contributed by atoms with Crippen LogP contribution in [0.4, 0.5) is 0 Å². The van der Waals surface area contributed by atoms with E-state index in [1.54, 1.807) is 13.0 Å². The molecule has 0 spiro atoms. The molecule has 1 aromatic carbocycles. The molecule has 1 saturated heterocycles. The van der Waals surface area contributed by atoms with Crippen molar-refractivity contribution in [3.05, 3.63) is 29.8 Å². The molecule has 0 amide bonds. The molecule has 1 N–H and O–H groups in total. The zero-order valence-electron chi connectivity index (χ0n) is 13.5. The molecule has 1 aliphatic rings. The molecule has 134 valence electrons. The summed E-state index contributed by atoms with van der Waals surface area (Å²) in [5.41, 5.74) is 0.363. The molecule has 0 aromatic heterocycles. The Morgan fingerprint density at radius 2 is 1.92 bits per heavy atom. The quantitative estimate of drug-likeness (QED) is 0.826. The number of hydrogen-bond acceptors (Lipinski definition) is 5. The summed E-state index contributed by atoms with van der Waals surface area (Å²) in [6.07, 6.45) is 2.00. The van der Waals surface area contributed by atoms with Crippen molar-refractivity contribution in [3.63, 3.8) is 0 Å². The van der Waals surface area contributed by atoms with Crippen LogP contribution in [0.1, 0.15) is 25.3 Å². The number of piperidine rings is 1. The minimum atomic E-state index is -3.74. The molecule has 1 heterocycles. The van der Waals surface area contributed by atoms with Crippen molar-refractivity contribution in [2.24, 2.45) is 5.92 Å². The average molecular weight is 375 g/mol. The third kappa shape index (κ3) is 4.34. The van der Waals surface area contributed by atoms with Crippen molar-refractivity contribution in [2.75, 3.05) is 12.8 Å². The van der Waals surface area contributed by atoms with Gasteiger partial charge in [-0.05, 0) is 37.5 Å². The molecule has 2 rings (SSSR count). The summed E-state index contributed by atoms with van der Waals surface area (Å²) in [6.45, 7) is 1.70. The Balaban J connectivity index is 2.26. The Hall–Kier alpha value is -1.45. The highest BCUT2D eigenvalue weighted by Gasteiger charge is 2.36. The van der Waals surface area contributed by atoms with Crippen LogP contribution in [0, 0.1) is 5.92 Å². The van der Waals surface area contributed by atoms with Gasteiger partial charge in [-0.2, -0.15) is 4.31 Å². The maximum Gasteiger partial charge on any atom is 0.307 e. The topological polar surface area (TPSA) is 109 Å². The van der Waals surface area contributed by atoms with Gasteiger partial charge < -0.3 is 5.11 Å². The summed E-state index contributed by atoms with van der Waals surface area (Å²) in [6, 6.07) is 5.53. The minimum Gasteiger partial charge on any atom is -0.481 e. The Kier molecular flexibility index (Phi) is 5.36. The second-order valence-electron chi connectivity index (χ2n) is 6.21. The molecular formula is C15H21NO6S2. The fraction of sp³-hybridized carbons (Fsp3) is 0.533. The molecule has 0 aliphatic carbocycles. The summed E-state index contributed by atoms with van der Waals surface area (Å²) in [5, 5.41) is 9.14. The van der Waals surface area contributed by atoms with Crippen LogP contribution in [-0.2, 0) is 30.4 Å². The zero-order chi connectivity index (χ0) is 18.1. The molecule has 9 heteroatoms. The SMILES string of the molecule is CC1CCC(C(=O)O)CN1S(=O)(=O)Cc1cccc(S(C)(=O)=O)c1. The Bertz CT molecular complexity index is 831. The lowest BCUT2D eigenvalue weighted by Gasteiger charge is -2.35. The van der Waals surface area contributed by atoms with Crippen LogP contribution >= 0.6 is 0 Å². The summed E-state index contributed by atoms with van der Waals surface area (Å²) in [7, 11) is -7.16. The van der Waals surface area contributed by atoms with E-state index in [2.05, 4.69) is 0 Å². The highest BCUT2D eigenvalue weighted by molar-refractivity contribution is 7.90. The molecule has 0 bridgehead atoms. The highest BCUT2D eigenvalue weighted by atomic mass is 32.2. The maximum atomic E-state index is 12.7. The van der Waals surface area contributed by atoms with E-state index in [0.717, 1.165) is 6.26 Å². The number of nitrogens with zero attached hydrogens (tertiary/aromatic N) is 1. The third-order valence-corrected chi connectivity index (χ3v) is 7.24. The molecule has 1 aromatic rings. The van der Waals surface area contributed by atoms with Gasteiger partial charge in [-0.1, -0.05) is 12.1 Å². The molecule has 2 atom stereocenters. The predicted molar refractivity (Wildman–Crippen MR) is 88.7 cm³/mol. The van der Waals surface area contributed by atoms with Crippen LogP contribution in [0.2, 0.25) is 0 Å². The van der Waals surface area contributed by atoms with Gasteiger partial charge in [0.1, 0.15) is 0 Å². The first kappa shape index (κ1) is 18.9. The zero-order valence-corrected chi connectivity index (χ0v) is 15.2. The van der Waals surface area contributed by atoms with E-state index in [9.17, 15) is 21.6 Å². The number of carboxylic acid groups (broad SMARTS) is 1. The van der Waals surface area contributed by atoms with E-state index >= 15 is 0 Å². The predicted octanol–water partition coefficient (Wildman–Crippen LogP) is 1.10. The van der Waals surface area contributed by atoms with Gasteiger partial charge in [0.05, 0.1) is 16.6 Å². The van der Waals surface area contributed by atoms with E-state index in [0.29, 0.717) is 18.4 Å². The van der Waals surface area contributed by atoms with E-state index in [1.165, 1.54) is 22.5 Å². The largest absolute Gasteiger partial charge is 0.481 e. The van der Waals surface area contributed by atoms with Crippen molar-refractivity contribution in [1.29, 1.82) is 0 Å². The summed E-state index contributed by atoms with van der Waals surface area (Å²) < 4.78 is 49.8. The van der Waals surface area contributed by atoms with Crippen LogP contribution in [0.5, 0.6) is 0 Å². The standard InChI is InChI=1S/C15H21NO6S2/c1-11-6-7-13(15(17)18)9-16(11)24(21,22)10-12-4-3-5-14(8-12)23(2,19)20/h3-5,8,11,13H,6-7,9-10H2,1-2H3,(H,17,18). The number of sulfonamides is 1. The summed E-state index contributed by atoms with van der Waals surface area (Å²) >= 11 is 0. The fourth-order valence-electron chi connectivity index (χ4n) is 2.82. The Morgan fingerprint density at radius 3 is 2.50 bits per heavy atom. The van der Waals surface area contributed by atoms with Crippen LogP contribution in [-0.4, -0.2) is 51.1 Å². The van der Waals surface area contributed by atoms with E-state index in [-0.39, 0.29) is 23.2 Å². The van der Waals surface area contributed by atoms with E-state index in [4.69, 9.17) is 5.11 Å². The van der Waals surface area contributed by atoms with Gasteiger partial charge in [-0.25, -0.2) is 16.8 Å². The number of carboxylic acids is 1. The summed E-state index contributed by atoms with van der Waals surface area (Å²) in [5.74, 6) is -2.06. The second kappa shape index (κ2) is 6.81. The van der Waals surface area contributed by atoms with Crippen LogP contribution in [0.15, 0.2) is 29.2 Å². The fourth-order valence-corrected chi connectivity index (χ4v) is 5.34. The number of benzene rings is 1. The number of carbonyl (C=O) groups is 1. The first-order chi connectivity index (χ1) is 11.0. The van der Waals surface area contributed by atoms with Gasteiger partial charge in [-0.15, -0.1) is 0 Å². The lowest BCUT2D eigenvalue weighted by atomic mass is 9.96. The molecule has 0 saturated carbocycles. The van der Waals surface area contributed by atoms with Crippen LogP contribution in [0.25, 0.3) is 0 Å². The lowest BCUT2D eigenvalue weighted by Crippen LogP contribution is -2.47. The van der Waals surface area contributed by atoms with Gasteiger partial charge in [0.2, 0.25) is 10.0 Å². The summed E-state index contributed by atoms with van der Waals surface area (Å²) in [4.78, 5) is 11.2. The normalized spacial score (nSPS) is 23.1. The Morgan fingerprint density at radius 1 is 1.25 bits per heavy atom. The van der Waals surface area contributed by atoms with Crippen molar-refractivity contribution in [2.45, 2.75) is 36.5 Å². The molecule has 7 nitrogen and oxygen atoms in total. The van der Waals surface area contributed by atoms with Gasteiger partial charge in [0.25, 0.3) is 0 Å². The van der Waals surface area contributed by atoms with Crippen LogP contribution < -0.4 is 0 Å². The van der Waals surface area contributed by atoms with Crippen molar-refractivity contribution < 1.29 is 26.7 Å². The molecule has 1 fully saturated rings. The van der Waals surface area contributed by atoms with Gasteiger partial charge in [-0.3, -0.25) is 4.79 Å². The van der Waals surface area contributed by atoms with Gasteiger partial charge >= 0.3 is 5.97 Å². The molecular weight excluding hydrogens is 354 g/mol. The minimum absolute atomic E-state index is 0.0510. The second-order valence-corrected chi connectivity index (χ2v) is 10.1. The third-order valence-electron chi connectivity index (χ3n) is 4.21. The Labute approximate surface area is 142 Å². The number of rotatable bonds is 5. The first-order valence-electron chi connectivity index (χ1n) is 7.52. The highest BCUT2D eigenvalue weighted by Crippen LogP contribution is 2.26. The van der Waals surface area contributed by atoms with Crippen molar-refractivity contribution in [3.8, 4) is 0 Å². The van der Waals surface area contributed by atoms with Crippen LogP contribution in [0.3, 0.4) is 0 Å². The maximum absolute atomic E-state index is 12.7. The number of aliphatic carboxylic acids is 1. The first-order valence-corrected chi connectivity index (χ1v) is 11.0. The average Bonchev–Trinajstić information content (AvgIpc) is 2.46. The molecule has 24 heavy (non-hydrogen) atoms. The van der Waals surface area contributed by atoms with Crippen molar-refractivity contribution >= 4 is 25.8 Å². The van der Waals surface area contributed by atoms with Crippen molar-refractivity contribution in [1.82, 2.24) is 4.31 Å². The molecule has 2 unspecified atom stereocenters. The number of sulfone groups is 1. The monoisotopic (exact) mass is 375 g/mol. The number of hydrogen-bond donors (Lipinski definition) is 1. The van der Waals surface area contributed by atoms with E-state index in [1.807, 2.05) is 0 Å². The molecule has 0 radical (unpaired) electrons. The molecule has 1 aliphatic heterocycles. The van der Waals surface area contributed by atoms with E-state index < -0.39 is 31.7 Å². The van der Waals surface area contributed by atoms with Gasteiger partial charge in [0, 0.05) is 18.8 Å². The van der Waals surface area contributed by atoms with Gasteiger partial charge in [0.15, 0.2) is 9.84 Å². The smallest absolute Gasteiger partial charge is 0.307 e.